The van der Waals surface area contributed by atoms with E-state index in [9.17, 15) is 26.3 Å². The van der Waals surface area contributed by atoms with Crippen molar-refractivity contribution in [2.24, 2.45) is 4.74 Å². The molecule has 12 heteroatoms. The Hall–Kier alpha value is -3.68. The van der Waals surface area contributed by atoms with Crippen molar-refractivity contribution in [3.8, 4) is 0 Å². The topological polar surface area (TPSA) is 24.4 Å². The normalized spacial score (nSPS) is 12.8. The molecule has 0 aliphatic carbocycles. The third-order valence-corrected chi connectivity index (χ3v) is 12.2. The Bertz CT molecular complexity index is 1810. The molecule has 5 aromatic carbocycles. The molecule has 49 heavy (non-hydrogen) atoms. The van der Waals surface area contributed by atoms with Gasteiger partial charge in [0.2, 0.25) is 0 Å². The van der Waals surface area contributed by atoms with E-state index in [1.165, 1.54) is 0 Å². The van der Waals surface area contributed by atoms with Crippen LogP contribution < -0.4 is 21.2 Å². The second kappa shape index (κ2) is 15.1. The molecular weight excluding hydrogens is 724 g/mol. The van der Waals surface area contributed by atoms with Crippen LogP contribution in [0.15, 0.2) is 138 Å². The third kappa shape index (κ3) is 8.92. The van der Waals surface area contributed by atoms with E-state index in [2.05, 4.69) is 11.9 Å². The van der Waals surface area contributed by atoms with Gasteiger partial charge in [-0.3, -0.25) is 4.74 Å². The van der Waals surface area contributed by atoms with Gasteiger partial charge in [-0.15, -0.1) is 0 Å². The highest BCUT2D eigenvalue weighted by molar-refractivity contribution is 7.87. The Balaban J connectivity index is 1.61. The summed E-state index contributed by atoms with van der Waals surface area (Å²) in [5.41, 5.74) is -1.96. The highest BCUT2D eigenvalue weighted by Crippen LogP contribution is 2.47. The zero-order valence-corrected chi connectivity index (χ0v) is 28.7. The van der Waals surface area contributed by atoms with E-state index in [-0.39, 0.29) is 30.3 Å². The number of halogens is 9. The average molecular weight is 752 g/mol. The SMILES string of the molecule is C=C(Cc1cc(C(F)(F)F)cc(C(F)(F)F)c1)N[C@@H](CN=P(c1ccc(Cl)cc1)(c1ccc(Cl)cc1)c1ccc(Cl)cc1)c1ccccc1. The Morgan fingerprint density at radius 3 is 1.43 bits per heavy atom. The van der Waals surface area contributed by atoms with Crippen molar-refractivity contribution in [3.63, 3.8) is 0 Å². The quantitative estimate of drug-likeness (QED) is 0.112. The fourth-order valence-corrected chi connectivity index (χ4v) is 9.36. The monoisotopic (exact) mass is 750 g/mol. The molecule has 0 amide bonds. The van der Waals surface area contributed by atoms with Gasteiger partial charge in [0.1, 0.15) is 0 Å². The number of hydrogen-bond donors (Lipinski definition) is 1. The van der Waals surface area contributed by atoms with Crippen LogP contribution in [0.5, 0.6) is 0 Å². The molecule has 5 rings (SSSR count). The molecule has 1 atom stereocenters. The van der Waals surface area contributed by atoms with Crippen molar-refractivity contribution >= 4 is 57.8 Å². The molecule has 2 nitrogen and oxygen atoms in total. The molecule has 0 saturated heterocycles. The second-order valence-electron chi connectivity index (χ2n) is 11.2. The molecule has 0 saturated carbocycles. The zero-order valence-electron chi connectivity index (χ0n) is 25.5. The molecule has 0 bridgehead atoms. The summed E-state index contributed by atoms with van der Waals surface area (Å²) in [4.78, 5) is 0. The Morgan fingerprint density at radius 1 is 0.633 bits per heavy atom. The van der Waals surface area contributed by atoms with E-state index in [4.69, 9.17) is 39.5 Å². The molecule has 254 valence electrons. The van der Waals surface area contributed by atoms with Gasteiger partial charge >= 0.3 is 12.4 Å². The lowest BCUT2D eigenvalue weighted by Crippen LogP contribution is -2.28. The van der Waals surface area contributed by atoms with Gasteiger partial charge in [-0.25, -0.2) is 0 Å². The summed E-state index contributed by atoms with van der Waals surface area (Å²) in [7, 11) is -2.82. The number of allylic oxidation sites excluding steroid dienone is 1. The van der Waals surface area contributed by atoms with Crippen molar-refractivity contribution < 1.29 is 26.3 Å². The maximum atomic E-state index is 13.6. The highest BCUT2D eigenvalue weighted by atomic mass is 35.5. The minimum atomic E-state index is -4.96. The van der Waals surface area contributed by atoms with Gasteiger partial charge in [-0.05, 0) is 65.7 Å². The fourth-order valence-electron chi connectivity index (χ4n) is 5.45. The number of alkyl halides is 6. The molecule has 0 unspecified atom stereocenters. The van der Waals surface area contributed by atoms with Gasteiger partial charge in [0, 0.05) is 43.1 Å². The van der Waals surface area contributed by atoms with Gasteiger partial charge in [0.15, 0.2) is 0 Å². The maximum Gasteiger partial charge on any atom is 0.416 e. The van der Waals surface area contributed by atoms with Crippen LogP contribution in [0.3, 0.4) is 0 Å². The summed E-state index contributed by atoms with van der Waals surface area (Å²) in [5, 5.41) is 7.53. The van der Waals surface area contributed by atoms with Crippen LogP contribution in [0.25, 0.3) is 0 Å². The van der Waals surface area contributed by atoms with Crippen LogP contribution in [0.2, 0.25) is 15.1 Å². The first-order valence-electron chi connectivity index (χ1n) is 14.8. The minimum Gasteiger partial charge on any atom is -0.380 e. The molecule has 0 fully saturated rings. The highest BCUT2D eigenvalue weighted by Gasteiger charge is 2.37. The molecule has 5 aromatic rings. The molecule has 0 aliphatic rings. The lowest BCUT2D eigenvalue weighted by Gasteiger charge is -2.29. The molecule has 1 N–H and O–H groups in total. The van der Waals surface area contributed by atoms with E-state index in [1.807, 2.05) is 66.7 Å². The molecule has 0 aliphatic heterocycles. The summed E-state index contributed by atoms with van der Waals surface area (Å²) in [6.45, 7) is 4.14. The standard InChI is InChI=1S/C37H28Cl3F6N2P/c1-24(19-25-20-27(36(41,42)43)22-28(21-25)37(44,45)46)48-35(26-5-3-2-4-6-26)23-47-49(32-13-7-29(38)8-14-32,33-15-9-30(39)10-16-33)34-17-11-31(40)12-18-34/h2-18,20-22,35,48H,1,19,23H2/t35-/m0/s1. The van der Waals surface area contributed by atoms with Crippen molar-refractivity contribution in [1.29, 1.82) is 0 Å². The summed E-state index contributed by atoms with van der Waals surface area (Å²) < 4.78 is 86.9. The van der Waals surface area contributed by atoms with Crippen LogP contribution >= 0.6 is 41.9 Å². The van der Waals surface area contributed by atoms with E-state index in [0.29, 0.717) is 27.2 Å². The van der Waals surface area contributed by atoms with Crippen molar-refractivity contribution in [1.82, 2.24) is 5.32 Å². The number of hydrogen-bond acceptors (Lipinski definition) is 2. The van der Waals surface area contributed by atoms with Gasteiger partial charge in [0.05, 0.1) is 30.8 Å². The third-order valence-electron chi connectivity index (χ3n) is 7.72. The van der Waals surface area contributed by atoms with E-state index in [0.717, 1.165) is 21.5 Å². The summed E-state index contributed by atoms with van der Waals surface area (Å²) in [5.74, 6) is 0. The molecule has 0 spiro atoms. The smallest absolute Gasteiger partial charge is 0.380 e. The minimum absolute atomic E-state index is 0.110. The average Bonchev–Trinajstić information content (AvgIpc) is 3.06. The van der Waals surface area contributed by atoms with Crippen LogP contribution in [-0.2, 0) is 18.8 Å². The van der Waals surface area contributed by atoms with Gasteiger partial charge in [-0.2, -0.15) is 26.3 Å². The van der Waals surface area contributed by atoms with Crippen LogP contribution in [0.4, 0.5) is 26.3 Å². The van der Waals surface area contributed by atoms with E-state index in [1.54, 1.807) is 36.4 Å². The first-order chi connectivity index (χ1) is 23.1. The lowest BCUT2D eigenvalue weighted by atomic mass is 10.0. The Kier molecular flexibility index (Phi) is 11.2. The number of nitrogens with one attached hydrogen (secondary N) is 1. The largest absolute Gasteiger partial charge is 0.416 e. The molecule has 0 aromatic heterocycles. The Morgan fingerprint density at radius 2 is 1.04 bits per heavy atom. The van der Waals surface area contributed by atoms with Crippen LogP contribution in [0, 0.1) is 0 Å². The predicted molar refractivity (Wildman–Crippen MR) is 189 cm³/mol. The molecule has 0 heterocycles. The number of benzene rings is 5. The fraction of sp³-hybridized carbons (Fsp3) is 0.135. The zero-order chi connectivity index (χ0) is 35.4. The lowest BCUT2D eigenvalue weighted by molar-refractivity contribution is -0.143. The van der Waals surface area contributed by atoms with Gasteiger partial charge < -0.3 is 5.32 Å². The van der Waals surface area contributed by atoms with Gasteiger partial charge in [0.25, 0.3) is 0 Å². The Labute approximate surface area is 295 Å². The van der Waals surface area contributed by atoms with Crippen molar-refractivity contribution in [2.45, 2.75) is 24.8 Å². The summed E-state index contributed by atoms with van der Waals surface area (Å²) in [6, 6.07) is 32.4. The van der Waals surface area contributed by atoms with Crippen LogP contribution in [0.1, 0.15) is 28.3 Å². The first kappa shape index (κ1) is 36.6. The van der Waals surface area contributed by atoms with Gasteiger partial charge in [-0.1, -0.05) is 108 Å². The van der Waals surface area contributed by atoms with E-state index < -0.39 is 36.6 Å². The van der Waals surface area contributed by atoms with Crippen LogP contribution in [-0.4, -0.2) is 6.54 Å². The maximum absolute atomic E-state index is 13.6. The second-order valence-corrected chi connectivity index (χ2v) is 15.6. The first-order valence-corrected chi connectivity index (χ1v) is 17.7. The number of nitrogens with zero attached hydrogens (tertiary/aromatic N) is 1. The van der Waals surface area contributed by atoms with Crippen molar-refractivity contribution in [3.05, 3.63) is 171 Å². The molecular formula is C37H28Cl3F6N2P. The summed E-state index contributed by atoms with van der Waals surface area (Å²) in [6.07, 6.45) is -10.2. The summed E-state index contributed by atoms with van der Waals surface area (Å²) >= 11 is 18.9. The van der Waals surface area contributed by atoms with Crippen molar-refractivity contribution in [2.75, 3.05) is 6.54 Å². The van der Waals surface area contributed by atoms with E-state index >= 15 is 0 Å². The molecule has 0 radical (unpaired) electrons. The number of rotatable bonds is 10. The predicted octanol–water partition coefficient (Wildman–Crippen LogP) is 11.2.